The molecule has 23 heavy (non-hydrogen) atoms. The summed E-state index contributed by atoms with van der Waals surface area (Å²) in [6, 6.07) is 14.3. The van der Waals surface area contributed by atoms with Crippen LogP contribution in [0.5, 0.6) is 0 Å². The van der Waals surface area contributed by atoms with Crippen LogP contribution in [-0.2, 0) is 15.6 Å². The SMILES string of the molecule is N#Cc1cnc(-c2cccs2)nc1S(=O)(=O)Cc1ccccc1. The molecule has 2 aromatic heterocycles. The van der Waals surface area contributed by atoms with Crippen LogP contribution in [0.15, 0.2) is 59.1 Å². The maximum atomic E-state index is 12.7. The zero-order valence-corrected chi connectivity index (χ0v) is 13.5. The highest BCUT2D eigenvalue weighted by Crippen LogP contribution is 2.24. The van der Waals surface area contributed by atoms with Crippen LogP contribution in [0.3, 0.4) is 0 Å². The molecule has 0 aliphatic rings. The summed E-state index contributed by atoms with van der Waals surface area (Å²) >= 11 is 1.41. The van der Waals surface area contributed by atoms with Crippen LogP contribution in [0, 0.1) is 11.3 Å². The fraction of sp³-hybridized carbons (Fsp3) is 0.0625. The van der Waals surface area contributed by atoms with Crippen molar-refractivity contribution in [1.29, 1.82) is 5.26 Å². The van der Waals surface area contributed by atoms with E-state index in [2.05, 4.69) is 9.97 Å². The van der Waals surface area contributed by atoms with Crippen LogP contribution < -0.4 is 0 Å². The van der Waals surface area contributed by atoms with Gasteiger partial charge in [0.15, 0.2) is 10.9 Å². The standard InChI is InChI=1S/C16H11N3O2S2/c17-9-13-10-18-15(14-7-4-8-22-14)19-16(13)23(20,21)11-12-5-2-1-3-6-12/h1-8,10H,11H2. The fourth-order valence-electron chi connectivity index (χ4n) is 2.07. The molecule has 0 radical (unpaired) electrons. The van der Waals surface area contributed by atoms with E-state index in [1.54, 1.807) is 30.3 Å². The molecule has 0 bridgehead atoms. The second-order valence-corrected chi connectivity index (χ2v) is 7.60. The topological polar surface area (TPSA) is 83.7 Å². The number of hydrogen-bond acceptors (Lipinski definition) is 6. The minimum absolute atomic E-state index is 0.0405. The van der Waals surface area contributed by atoms with Crippen LogP contribution in [0.1, 0.15) is 11.1 Å². The molecule has 0 saturated carbocycles. The first-order valence-electron chi connectivity index (χ1n) is 6.68. The van der Waals surface area contributed by atoms with E-state index in [4.69, 9.17) is 0 Å². The molecule has 0 fully saturated rings. The quantitative estimate of drug-likeness (QED) is 0.681. The summed E-state index contributed by atoms with van der Waals surface area (Å²) in [4.78, 5) is 8.98. The second kappa shape index (κ2) is 6.28. The lowest BCUT2D eigenvalue weighted by Crippen LogP contribution is -2.10. The Hall–Kier alpha value is -2.56. The van der Waals surface area contributed by atoms with E-state index in [1.807, 2.05) is 23.6 Å². The Labute approximate surface area is 137 Å². The predicted molar refractivity (Wildman–Crippen MR) is 87.4 cm³/mol. The third-order valence-corrected chi connectivity index (χ3v) is 5.59. The van der Waals surface area contributed by atoms with E-state index in [0.29, 0.717) is 11.4 Å². The van der Waals surface area contributed by atoms with Crippen LogP contribution in [-0.4, -0.2) is 18.4 Å². The molecule has 0 N–H and O–H groups in total. The second-order valence-electron chi connectivity index (χ2n) is 4.75. The molecule has 5 nitrogen and oxygen atoms in total. The highest BCUT2D eigenvalue weighted by Gasteiger charge is 2.23. The number of nitriles is 1. The molecule has 3 aromatic rings. The Kier molecular flexibility index (Phi) is 4.19. The van der Waals surface area contributed by atoms with Crippen LogP contribution in [0.2, 0.25) is 0 Å². The Bertz CT molecular complexity index is 960. The highest BCUT2D eigenvalue weighted by molar-refractivity contribution is 7.90. The van der Waals surface area contributed by atoms with Crippen molar-refractivity contribution in [2.24, 2.45) is 0 Å². The summed E-state index contributed by atoms with van der Waals surface area (Å²) in [5.41, 5.74) is 0.605. The lowest BCUT2D eigenvalue weighted by molar-refractivity contribution is 0.591. The monoisotopic (exact) mass is 341 g/mol. The van der Waals surface area contributed by atoms with Gasteiger partial charge in [-0.15, -0.1) is 11.3 Å². The third kappa shape index (κ3) is 3.28. The fourth-order valence-corrected chi connectivity index (χ4v) is 4.16. The minimum Gasteiger partial charge on any atom is -0.234 e. The molecular weight excluding hydrogens is 330 g/mol. The minimum atomic E-state index is -3.74. The molecule has 3 rings (SSSR count). The molecule has 0 unspecified atom stereocenters. The van der Waals surface area contributed by atoms with Gasteiger partial charge in [-0.2, -0.15) is 5.26 Å². The van der Waals surface area contributed by atoms with E-state index in [-0.39, 0.29) is 16.3 Å². The molecule has 0 aliphatic carbocycles. The van der Waals surface area contributed by atoms with Gasteiger partial charge < -0.3 is 0 Å². The van der Waals surface area contributed by atoms with Gasteiger partial charge >= 0.3 is 0 Å². The molecule has 2 heterocycles. The van der Waals surface area contributed by atoms with E-state index >= 15 is 0 Å². The largest absolute Gasteiger partial charge is 0.234 e. The van der Waals surface area contributed by atoms with Gasteiger partial charge in [-0.1, -0.05) is 36.4 Å². The molecule has 0 spiro atoms. The first-order valence-corrected chi connectivity index (χ1v) is 9.21. The number of nitrogens with zero attached hydrogens (tertiary/aromatic N) is 3. The molecular formula is C16H11N3O2S2. The van der Waals surface area contributed by atoms with Gasteiger partial charge in [0, 0.05) is 0 Å². The third-order valence-electron chi connectivity index (χ3n) is 3.11. The smallest absolute Gasteiger partial charge is 0.201 e. The highest BCUT2D eigenvalue weighted by atomic mass is 32.2. The molecule has 1 aromatic carbocycles. The summed E-state index contributed by atoms with van der Waals surface area (Å²) in [7, 11) is -3.74. The number of rotatable bonds is 4. The summed E-state index contributed by atoms with van der Waals surface area (Å²) in [6.07, 6.45) is 1.26. The number of benzene rings is 1. The van der Waals surface area contributed by atoms with Crippen molar-refractivity contribution in [2.45, 2.75) is 10.8 Å². The van der Waals surface area contributed by atoms with Crippen molar-refractivity contribution in [3.63, 3.8) is 0 Å². The molecule has 114 valence electrons. The molecule has 0 atom stereocenters. The Balaban J connectivity index is 2.07. The zero-order chi connectivity index (χ0) is 16.3. The van der Waals surface area contributed by atoms with Gasteiger partial charge in [-0.05, 0) is 17.0 Å². The van der Waals surface area contributed by atoms with Crippen LogP contribution in [0.25, 0.3) is 10.7 Å². The maximum absolute atomic E-state index is 12.7. The Morgan fingerprint density at radius 3 is 2.57 bits per heavy atom. The molecule has 0 saturated heterocycles. The van der Waals surface area contributed by atoms with Gasteiger partial charge in [0.25, 0.3) is 0 Å². The van der Waals surface area contributed by atoms with Crippen molar-refractivity contribution in [3.8, 4) is 16.8 Å². The van der Waals surface area contributed by atoms with Gasteiger partial charge in [-0.25, -0.2) is 18.4 Å². The number of thiophene rings is 1. The normalized spacial score (nSPS) is 11.1. The first-order chi connectivity index (χ1) is 11.1. The van der Waals surface area contributed by atoms with Crippen molar-refractivity contribution in [1.82, 2.24) is 9.97 Å². The Morgan fingerprint density at radius 1 is 1.13 bits per heavy atom. The van der Waals surface area contributed by atoms with E-state index < -0.39 is 9.84 Å². The zero-order valence-electron chi connectivity index (χ0n) is 11.9. The summed E-state index contributed by atoms with van der Waals surface area (Å²) in [6.45, 7) is 0. The van der Waals surface area contributed by atoms with E-state index in [0.717, 1.165) is 4.88 Å². The van der Waals surface area contributed by atoms with E-state index in [9.17, 15) is 13.7 Å². The van der Waals surface area contributed by atoms with Crippen LogP contribution >= 0.6 is 11.3 Å². The Morgan fingerprint density at radius 2 is 1.91 bits per heavy atom. The van der Waals surface area contributed by atoms with Crippen molar-refractivity contribution >= 4 is 21.2 Å². The number of sulfone groups is 1. The first kappa shape index (κ1) is 15.3. The van der Waals surface area contributed by atoms with E-state index in [1.165, 1.54) is 17.5 Å². The van der Waals surface area contributed by atoms with Gasteiger partial charge in [0.05, 0.1) is 16.8 Å². The number of hydrogen-bond donors (Lipinski definition) is 0. The molecule has 7 heteroatoms. The summed E-state index contributed by atoms with van der Waals surface area (Å²) in [5.74, 6) is 0.106. The maximum Gasteiger partial charge on any atom is 0.201 e. The average Bonchev–Trinajstić information content (AvgIpc) is 3.09. The summed E-state index contributed by atoms with van der Waals surface area (Å²) < 4.78 is 25.3. The van der Waals surface area contributed by atoms with Gasteiger partial charge in [-0.3, -0.25) is 0 Å². The predicted octanol–water partition coefficient (Wildman–Crippen LogP) is 3.05. The molecule has 0 aliphatic heterocycles. The lowest BCUT2D eigenvalue weighted by Gasteiger charge is -2.07. The summed E-state index contributed by atoms with van der Waals surface area (Å²) in [5, 5.41) is 10.8. The van der Waals surface area contributed by atoms with Crippen molar-refractivity contribution in [2.75, 3.05) is 0 Å². The average molecular weight is 341 g/mol. The molecule has 0 amide bonds. The lowest BCUT2D eigenvalue weighted by atomic mass is 10.2. The van der Waals surface area contributed by atoms with Crippen molar-refractivity contribution < 1.29 is 8.42 Å². The number of aromatic nitrogens is 2. The van der Waals surface area contributed by atoms with Gasteiger partial charge in [0.1, 0.15) is 11.6 Å². The van der Waals surface area contributed by atoms with Gasteiger partial charge in [0.2, 0.25) is 9.84 Å². The van der Waals surface area contributed by atoms with Crippen LogP contribution in [0.4, 0.5) is 0 Å². The van der Waals surface area contributed by atoms with Crippen molar-refractivity contribution in [3.05, 3.63) is 65.2 Å².